The highest BCUT2D eigenvalue weighted by atomic mass is 32.2. The molecular formula is C37H51FN6O10S. The highest BCUT2D eigenvalue weighted by Crippen LogP contribution is 2.43. The Morgan fingerprint density at radius 3 is 2.45 bits per heavy atom. The highest BCUT2D eigenvalue weighted by molar-refractivity contribution is 7.90. The second-order valence-corrected chi connectivity index (χ2v) is 17.7. The highest BCUT2D eigenvalue weighted by Gasteiger charge is 2.46. The third-order valence-electron chi connectivity index (χ3n) is 10.2. The Morgan fingerprint density at radius 1 is 1.09 bits per heavy atom. The number of primary amides is 1. The minimum absolute atomic E-state index is 0.00444. The third-order valence-corrected chi connectivity index (χ3v) is 12.0. The van der Waals surface area contributed by atoms with Gasteiger partial charge in [0.2, 0.25) is 33.7 Å². The molecule has 4 N–H and O–H groups in total. The van der Waals surface area contributed by atoms with Gasteiger partial charge in [-0.25, -0.2) is 22.4 Å². The van der Waals surface area contributed by atoms with E-state index in [1.54, 1.807) is 32.9 Å². The fourth-order valence-corrected chi connectivity index (χ4v) is 8.41. The van der Waals surface area contributed by atoms with Crippen molar-refractivity contribution >= 4 is 45.8 Å². The molecule has 18 heteroatoms. The van der Waals surface area contributed by atoms with E-state index in [4.69, 9.17) is 15.2 Å². The van der Waals surface area contributed by atoms with Gasteiger partial charge in [-0.3, -0.25) is 28.8 Å². The van der Waals surface area contributed by atoms with Crippen LogP contribution in [0.25, 0.3) is 0 Å². The van der Waals surface area contributed by atoms with E-state index in [0.717, 1.165) is 11.0 Å². The summed E-state index contributed by atoms with van der Waals surface area (Å²) in [5.74, 6) is -3.28. The van der Waals surface area contributed by atoms with Gasteiger partial charge >= 0.3 is 12.2 Å². The normalized spacial score (nSPS) is 22.3. The van der Waals surface area contributed by atoms with Gasteiger partial charge in [-0.15, -0.1) is 0 Å². The molecule has 0 bridgehead atoms. The number of rotatable bonds is 16. The van der Waals surface area contributed by atoms with Gasteiger partial charge < -0.3 is 30.3 Å². The number of hydrogen-bond donors (Lipinski definition) is 3. The van der Waals surface area contributed by atoms with Crippen molar-refractivity contribution in [2.24, 2.45) is 17.6 Å². The van der Waals surface area contributed by atoms with Gasteiger partial charge in [-0.1, -0.05) is 31.6 Å². The Balaban J connectivity index is 1.19. The number of amides is 6. The number of benzene rings is 1. The van der Waals surface area contributed by atoms with Crippen LogP contribution in [-0.2, 0) is 51.8 Å². The van der Waals surface area contributed by atoms with E-state index in [1.807, 2.05) is 0 Å². The summed E-state index contributed by atoms with van der Waals surface area (Å²) in [4.78, 5) is 82.1. The SMILES string of the molecule is C=CC(=O)N(CCCCC[C@@H]1C[C@@H]1C(=O)NS(=O)(=O)C1CC1)C[C@H](NC(=O)OC(C)(C)C)C(=O)N1CC(OC(=O)N2Cc3cccc(F)c3C2)CC1C(N)=O. The Morgan fingerprint density at radius 2 is 1.82 bits per heavy atom. The lowest BCUT2D eigenvalue weighted by molar-refractivity contribution is -0.140. The molecule has 1 saturated heterocycles. The van der Waals surface area contributed by atoms with Crippen LogP contribution in [0.3, 0.4) is 0 Å². The summed E-state index contributed by atoms with van der Waals surface area (Å²) in [6, 6.07) is 1.96. The van der Waals surface area contributed by atoms with E-state index < -0.39 is 80.7 Å². The number of nitrogens with zero attached hydrogens (tertiary/aromatic N) is 3. The Kier molecular flexibility index (Phi) is 12.8. The summed E-state index contributed by atoms with van der Waals surface area (Å²) in [7, 11) is -3.59. The summed E-state index contributed by atoms with van der Waals surface area (Å²) in [6.07, 6.45) is 2.64. The smallest absolute Gasteiger partial charge is 0.410 e. The summed E-state index contributed by atoms with van der Waals surface area (Å²) in [5, 5.41) is 2.06. The number of carbonyl (C=O) groups is 6. The predicted molar refractivity (Wildman–Crippen MR) is 195 cm³/mol. The van der Waals surface area contributed by atoms with Crippen LogP contribution in [0.5, 0.6) is 0 Å². The minimum Gasteiger partial charge on any atom is -0.444 e. The summed E-state index contributed by atoms with van der Waals surface area (Å²) >= 11 is 0. The zero-order valence-corrected chi connectivity index (χ0v) is 32.3. The zero-order chi connectivity index (χ0) is 40.2. The van der Waals surface area contributed by atoms with Crippen LogP contribution in [0.4, 0.5) is 14.0 Å². The van der Waals surface area contributed by atoms with Crippen molar-refractivity contribution in [3.63, 3.8) is 0 Å². The molecule has 2 aliphatic heterocycles. The molecule has 16 nitrogen and oxygen atoms in total. The zero-order valence-electron chi connectivity index (χ0n) is 31.5. The van der Waals surface area contributed by atoms with Gasteiger partial charge in [0.1, 0.15) is 29.6 Å². The average molecular weight is 791 g/mol. The molecule has 0 radical (unpaired) electrons. The lowest BCUT2D eigenvalue weighted by Gasteiger charge is -2.32. The number of sulfonamides is 1. The molecule has 4 aliphatic rings. The molecule has 1 aromatic rings. The van der Waals surface area contributed by atoms with Gasteiger partial charge in [0.15, 0.2) is 0 Å². The molecule has 1 aromatic carbocycles. The lowest BCUT2D eigenvalue weighted by Crippen LogP contribution is -2.57. The first-order valence-corrected chi connectivity index (χ1v) is 20.2. The molecule has 55 heavy (non-hydrogen) atoms. The van der Waals surface area contributed by atoms with E-state index in [9.17, 15) is 41.6 Å². The molecule has 2 unspecified atom stereocenters. The largest absolute Gasteiger partial charge is 0.444 e. The van der Waals surface area contributed by atoms with Crippen LogP contribution >= 0.6 is 0 Å². The van der Waals surface area contributed by atoms with Gasteiger partial charge in [0, 0.05) is 31.0 Å². The molecule has 0 aromatic heterocycles. The number of fused-ring (bicyclic) bond motifs is 1. The van der Waals surface area contributed by atoms with Crippen molar-refractivity contribution in [3.05, 3.63) is 47.8 Å². The average Bonchev–Trinajstić information content (AvgIpc) is 4.02. The maximum absolute atomic E-state index is 14.3. The fourth-order valence-electron chi connectivity index (χ4n) is 7.05. The summed E-state index contributed by atoms with van der Waals surface area (Å²) in [6.45, 7) is 8.24. The lowest BCUT2D eigenvalue weighted by atomic mass is 10.1. The van der Waals surface area contributed by atoms with Crippen molar-refractivity contribution in [2.75, 3.05) is 19.6 Å². The third kappa shape index (κ3) is 10.9. The van der Waals surface area contributed by atoms with E-state index in [1.165, 1.54) is 15.9 Å². The predicted octanol–water partition coefficient (Wildman–Crippen LogP) is 2.45. The molecule has 2 heterocycles. The van der Waals surface area contributed by atoms with Crippen LogP contribution in [0.15, 0.2) is 30.9 Å². The number of alkyl carbamates (subject to hydrolysis) is 1. The number of hydrogen-bond acceptors (Lipinski definition) is 10. The van der Waals surface area contributed by atoms with E-state index in [0.29, 0.717) is 56.1 Å². The summed E-state index contributed by atoms with van der Waals surface area (Å²) < 4.78 is 51.8. The molecule has 2 aliphatic carbocycles. The molecular weight excluding hydrogens is 740 g/mol. The van der Waals surface area contributed by atoms with Crippen LogP contribution in [-0.4, -0.2) is 108 Å². The van der Waals surface area contributed by atoms with Crippen LogP contribution in [0, 0.1) is 17.7 Å². The fraction of sp³-hybridized carbons (Fsp3) is 0.622. The molecule has 302 valence electrons. The van der Waals surface area contributed by atoms with Crippen molar-refractivity contribution in [3.8, 4) is 0 Å². The van der Waals surface area contributed by atoms with Crippen LogP contribution in [0.2, 0.25) is 0 Å². The quantitative estimate of drug-likeness (QED) is 0.164. The monoisotopic (exact) mass is 790 g/mol. The molecule has 6 amide bonds. The van der Waals surface area contributed by atoms with Gasteiger partial charge in [-0.2, -0.15) is 0 Å². The molecule has 2 saturated carbocycles. The van der Waals surface area contributed by atoms with E-state index >= 15 is 0 Å². The van der Waals surface area contributed by atoms with Crippen molar-refractivity contribution in [1.29, 1.82) is 0 Å². The maximum atomic E-state index is 14.3. The number of ether oxygens (including phenoxy) is 2. The second kappa shape index (κ2) is 17.0. The number of nitrogens with two attached hydrogens (primary N) is 1. The summed E-state index contributed by atoms with van der Waals surface area (Å²) in [5.41, 5.74) is 5.79. The second-order valence-electron chi connectivity index (χ2n) is 15.7. The van der Waals surface area contributed by atoms with Crippen molar-refractivity contribution in [1.82, 2.24) is 24.7 Å². The molecule has 5 atom stereocenters. The first-order valence-electron chi connectivity index (χ1n) is 18.6. The number of likely N-dealkylation sites (tertiary alicyclic amines) is 1. The van der Waals surface area contributed by atoms with Gasteiger partial charge in [0.25, 0.3) is 0 Å². The van der Waals surface area contributed by atoms with Gasteiger partial charge in [-0.05, 0) is 76.5 Å². The standard InChI is InChI=1S/C37H51FN6O10S/c1-5-31(45)42(15-8-6-7-10-22-16-26(22)33(47)41-55(51,52)25-13-14-25)21-29(40-35(49)54-37(2,3)4)34(48)44-19-24(17-30(44)32(39)46)53-36(50)43-18-23-11-9-12-28(38)27(23)20-43/h5,9,11-12,22,24-26,29-30H,1,6-8,10,13-21H2,2-4H3,(H2,39,46)(H,40,49)(H,41,47)/t22-,24?,26+,29+,30?/m1/s1. The maximum Gasteiger partial charge on any atom is 0.410 e. The number of carbonyl (C=O) groups excluding carboxylic acids is 6. The molecule has 0 spiro atoms. The van der Waals surface area contributed by atoms with Crippen molar-refractivity contribution < 1.29 is 51.0 Å². The molecule has 3 fully saturated rings. The Hall–Kier alpha value is -4.74. The first kappa shape index (κ1) is 41.4. The van der Waals surface area contributed by atoms with Crippen LogP contribution in [0.1, 0.15) is 83.3 Å². The number of nitrogens with one attached hydrogen (secondary N) is 2. The van der Waals surface area contributed by atoms with Gasteiger partial charge in [0.05, 0.1) is 24.9 Å². The molecule has 5 rings (SSSR count). The Labute approximate surface area is 320 Å². The number of unbranched alkanes of at least 4 members (excludes halogenated alkanes) is 2. The van der Waals surface area contributed by atoms with E-state index in [-0.39, 0.29) is 51.0 Å². The first-order chi connectivity index (χ1) is 25.9. The topological polar surface area (TPSA) is 215 Å². The van der Waals surface area contributed by atoms with Crippen molar-refractivity contribution in [2.45, 2.75) is 114 Å². The van der Waals surface area contributed by atoms with E-state index in [2.05, 4.69) is 16.6 Å². The number of halogens is 1. The Bertz CT molecular complexity index is 1800. The van der Waals surface area contributed by atoms with Crippen LogP contribution < -0.4 is 15.8 Å². The minimum atomic E-state index is -3.59.